The van der Waals surface area contributed by atoms with Gasteiger partial charge in [0, 0.05) is 10.8 Å². The molecule has 47 heavy (non-hydrogen) atoms. The van der Waals surface area contributed by atoms with Crippen LogP contribution in [-0.4, -0.2) is 0 Å². The van der Waals surface area contributed by atoms with Crippen molar-refractivity contribution < 1.29 is 4.42 Å². The van der Waals surface area contributed by atoms with Crippen molar-refractivity contribution in [3.63, 3.8) is 0 Å². The molecule has 0 aliphatic rings. The normalized spacial score (nSPS) is 11.8. The van der Waals surface area contributed by atoms with E-state index in [9.17, 15) is 0 Å². The molecule has 0 saturated carbocycles. The van der Waals surface area contributed by atoms with Crippen LogP contribution in [0.2, 0.25) is 0 Å². The minimum Gasteiger partial charge on any atom is -0.456 e. The van der Waals surface area contributed by atoms with E-state index in [1.54, 1.807) is 0 Å². The molecule has 0 fully saturated rings. The van der Waals surface area contributed by atoms with Gasteiger partial charge in [0.2, 0.25) is 0 Å². The van der Waals surface area contributed by atoms with Crippen LogP contribution in [0.1, 0.15) is 0 Å². The van der Waals surface area contributed by atoms with Crippen molar-refractivity contribution in [3.8, 4) is 33.4 Å². The molecule has 1 heteroatoms. The molecular formula is C46H28O. The lowest BCUT2D eigenvalue weighted by atomic mass is 9.88. The van der Waals surface area contributed by atoms with E-state index in [4.69, 9.17) is 4.42 Å². The van der Waals surface area contributed by atoms with Gasteiger partial charge in [-0.2, -0.15) is 0 Å². The highest BCUT2D eigenvalue weighted by Gasteiger charge is 2.16. The summed E-state index contributed by atoms with van der Waals surface area (Å²) in [4.78, 5) is 0. The highest BCUT2D eigenvalue weighted by atomic mass is 16.3. The second-order valence-corrected chi connectivity index (χ2v) is 12.5. The van der Waals surface area contributed by atoms with Crippen molar-refractivity contribution in [2.24, 2.45) is 0 Å². The van der Waals surface area contributed by atoms with Gasteiger partial charge in [0.25, 0.3) is 0 Å². The van der Waals surface area contributed by atoms with Crippen molar-refractivity contribution in [1.29, 1.82) is 0 Å². The average Bonchev–Trinajstić information content (AvgIpc) is 3.54. The van der Waals surface area contributed by atoms with Crippen molar-refractivity contribution in [3.05, 3.63) is 170 Å². The fraction of sp³-hybridized carbons (Fsp3) is 0. The Morgan fingerprint density at radius 3 is 1.79 bits per heavy atom. The topological polar surface area (TPSA) is 13.1 Å². The zero-order valence-corrected chi connectivity index (χ0v) is 25.6. The maximum absolute atomic E-state index is 6.36. The van der Waals surface area contributed by atoms with Gasteiger partial charge in [0.1, 0.15) is 11.2 Å². The van der Waals surface area contributed by atoms with E-state index in [0.717, 1.165) is 11.2 Å². The maximum Gasteiger partial charge on any atom is 0.136 e. The summed E-state index contributed by atoms with van der Waals surface area (Å²) >= 11 is 0. The molecule has 1 aromatic heterocycles. The predicted octanol–water partition coefficient (Wildman–Crippen LogP) is 13.2. The molecule has 0 amide bonds. The van der Waals surface area contributed by atoms with E-state index in [1.165, 1.54) is 87.2 Å². The average molecular weight is 597 g/mol. The third-order valence-corrected chi connectivity index (χ3v) is 9.84. The Bertz CT molecular complexity index is 2830. The summed E-state index contributed by atoms with van der Waals surface area (Å²) in [7, 11) is 0. The van der Waals surface area contributed by atoms with Crippen molar-refractivity contribution in [2.45, 2.75) is 0 Å². The summed E-state index contributed by atoms with van der Waals surface area (Å²) in [6, 6.07) is 61.6. The maximum atomic E-state index is 6.36. The molecule has 9 aromatic carbocycles. The van der Waals surface area contributed by atoms with Gasteiger partial charge in [-0.3, -0.25) is 0 Å². The van der Waals surface area contributed by atoms with Crippen LogP contribution in [0.5, 0.6) is 0 Å². The lowest BCUT2D eigenvalue weighted by Gasteiger charge is -2.15. The summed E-state index contributed by atoms with van der Waals surface area (Å²) in [6.45, 7) is 0. The van der Waals surface area contributed by atoms with Crippen LogP contribution in [0.15, 0.2) is 174 Å². The van der Waals surface area contributed by atoms with Crippen LogP contribution in [0.4, 0.5) is 0 Å². The molecule has 10 aromatic rings. The standard InChI is InChI=1S/C46H28O/c1-4-14-36-30(9-1)23-25-40-41(36)28-34-11-3-6-16-39(34)44(40)35-13-7-12-33(27-35)29-19-21-32(22-20-29)38-17-8-18-42-45(38)46-37-15-5-2-10-31(37)24-26-43(46)47-42/h1-28H. The third-order valence-electron chi connectivity index (χ3n) is 9.84. The smallest absolute Gasteiger partial charge is 0.136 e. The number of benzene rings is 9. The first kappa shape index (κ1) is 26.1. The lowest BCUT2D eigenvalue weighted by molar-refractivity contribution is 0.669. The monoisotopic (exact) mass is 596 g/mol. The third kappa shape index (κ3) is 4.03. The van der Waals surface area contributed by atoms with Gasteiger partial charge in [-0.15, -0.1) is 0 Å². The highest BCUT2D eigenvalue weighted by Crippen LogP contribution is 2.42. The van der Waals surface area contributed by atoms with Crippen LogP contribution in [0, 0.1) is 0 Å². The Morgan fingerprint density at radius 2 is 0.936 bits per heavy atom. The zero-order chi connectivity index (χ0) is 30.9. The number of hydrogen-bond donors (Lipinski definition) is 0. The first-order valence-electron chi connectivity index (χ1n) is 16.2. The predicted molar refractivity (Wildman–Crippen MR) is 200 cm³/mol. The second-order valence-electron chi connectivity index (χ2n) is 12.5. The van der Waals surface area contributed by atoms with Gasteiger partial charge in [-0.05, 0) is 101 Å². The first-order chi connectivity index (χ1) is 23.3. The lowest BCUT2D eigenvalue weighted by Crippen LogP contribution is -1.88. The molecule has 0 spiro atoms. The molecule has 1 heterocycles. The molecule has 0 N–H and O–H groups in total. The fourth-order valence-corrected chi connectivity index (χ4v) is 7.66. The van der Waals surface area contributed by atoms with Crippen LogP contribution in [-0.2, 0) is 0 Å². The second kappa shape index (κ2) is 10.2. The van der Waals surface area contributed by atoms with Crippen LogP contribution in [0.3, 0.4) is 0 Å². The highest BCUT2D eigenvalue weighted by molar-refractivity contribution is 6.23. The Kier molecular flexibility index (Phi) is 5.64. The molecule has 10 rings (SSSR count). The fourth-order valence-electron chi connectivity index (χ4n) is 7.66. The molecule has 0 bridgehead atoms. The van der Waals surface area contributed by atoms with Gasteiger partial charge < -0.3 is 4.42 Å². The van der Waals surface area contributed by atoms with E-state index in [0.29, 0.717) is 0 Å². The van der Waals surface area contributed by atoms with Gasteiger partial charge in [0.05, 0.1) is 0 Å². The molecule has 0 atom stereocenters. The summed E-state index contributed by atoms with van der Waals surface area (Å²) in [5, 5.41) is 12.5. The Balaban J connectivity index is 1.12. The van der Waals surface area contributed by atoms with E-state index in [1.807, 2.05) is 0 Å². The van der Waals surface area contributed by atoms with Crippen molar-refractivity contribution >= 4 is 65.0 Å². The Labute approximate surface area is 271 Å². The van der Waals surface area contributed by atoms with Gasteiger partial charge in [-0.1, -0.05) is 146 Å². The van der Waals surface area contributed by atoms with Gasteiger partial charge in [0.15, 0.2) is 0 Å². The van der Waals surface area contributed by atoms with Crippen LogP contribution >= 0.6 is 0 Å². The minimum atomic E-state index is 0.917. The number of fused-ring (bicyclic) bond motifs is 9. The number of hydrogen-bond acceptors (Lipinski definition) is 1. The van der Waals surface area contributed by atoms with E-state index in [-0.39, 0.29) is 0 Å². The molecule has 1 nitrogen and oxygen atoms in total. The van der Waals surface area contributed by atoms with E-state index < -0.39 is 0 Å². The zero-order valence-electron chi connectivity index (χ0n) is 25.6. The van der Waals surface area contributed by atoms with Crippen LogP contribution < -0.4 is 0 Å². The van der Waals surface area contributed by atoms with Gasteiger partial charge in [-0.25, -0.2) is 0 Å². The largest absolute Gasteiger partial charge is 0.456 e. The number of furan rings is 1. The van der Waals surface area contributed by atoms with E-state index >= 15 is 0 Å². The SMILES string of the molecule is c1cc(-c2ccc(-c3cccc4oc5ccc6ccccc6c5c34)cc2)cc(-c2c3ccccc3cc3c2ccc2ccccc23)c1. The Hall–Kier alpha value is -6.18. The van der Waals surface area contributed by atoms with Crippen molar-refractivity contribution in [2.75, 3.05) is 0 Å². The molecule has 0 aliphatic carbocycles. The molecule has 218 valence electrons. The van der Waals surface area contributed by atoms with Crippen molar-refractivity contribution in [1.82, 2.24) is 0 Å². The summed E-state index contributed by atoms with van der Waals surface area (Å²) in [5.41, 5.74) is 9.12. The summed E-state index contributed by atoms with van der Waals surface area (Å²) < 4.78 is 6.36. The molecule has 0 aliphatic heterocycles. The Morgan fingerprint density at radius 1 is 0.298 bits per heavy atom. The van der Waals surface area contributed by atoms with Gasteiger partial charge >= 0.3 is 0 Å². The minimum absolute atomic E-state index is 0.917. The quantitative estimate of drug-likeness (QED) is 0.146. The van der Waals surface area contributed by atoms with E-state index in [2.05, 4.69) is 170 Å². The van der Waals surface area contributed by atoms with Crippen LogP contribution in [0.25, 0.3) is 98.4 Å². The molecule has 0 radical (unpaired) electrons. The summed E-state index contributed by atoms with van der Waals surface area (Å²) in [6.07, 6.45) is 0. The molecule has 0 unspecified atom stereocenters. The summed E-state index contributed by atoms with van der Waals surface area (Å²) in [5.74, 6) is 0. The number of rotatable bonds is 3. The molecule has 0 saturated heterocycles. The first-order valence-corrected chi connectivity index (χ1v) is 16.2. The molecular weight excluding hydrogens is 569 g/mol.